The standard InChI is InChI=1S/C12H10Cl3N3O4S/c1-22-12-11(17-10(15)7(5-19)16-12)18-23(20,21)8-4-2-3-6(13)9(8)14/h2-4,19H,5H2,1H3,(H,17,18). The van der Waals surface area contributed by atoms with Gasteiger partial charge in [0.1, 0.15) is 10.6 Å². The van der Waals surface area contributed by atoms with E-state index >= 15 is 0 Å². The highest BCUT2D eigenvalue weighted by Crippen LogP contribution is 2.32. The second-order valence-electron chi connectivity index (χ2n) is 4.13. The monoisotopic (exact) mass is 397 g/mol. The van der Waals surface area contributed by atoms with Crippen molar-refractivity contribution in [3.8, 4) is 5.88 Å². The van der Waals surface area contributed by atoms with Crippen LogP contribution >= 0.6 is 34.8 Å². The van der Waals surface area contributed by atoms with Gasteiger partial charge in [-0.15, -0.1) is 0 Å². The van der Waals surface area contributed by atoms with E-state index in [9.17, 15) is 8.42 Å². The maximum atomic E-state index is 12.4. The Kier molecular flexibility index (Phi) is 5.53. The predicted octanol–water partition coefficient (Wildman–Crippen LogP) is 2.74. The number of halogens is 3. The number of aliphatic hydroxyl groups excluding tert-OH is 1. The number of anilines is 1. The summed E-state index contributed by atoms with van der Waals surface area (Å²) in [6.45, 7) is -0.477. The third-order valence-electron chi connectivity index (χ3n) is 2.67. The van der Waals surface area contributed by atoms with Gasteiger partial charge in [-0.2, -0.15) is 0 Å². The Bertz CT molecular complexity index is 846. The summed E-state index contributed by atoms with van der Waals surface area (Å²) in [5, 5.41) is 8.88. The Hall–Kier alpha value is -1.32. The number of ether oxygens (including phenoxy) is 1. The van der Waals surface area contributed by atoms with Gasteiger partial charge in [-0.05, 0) is 12.1 Å². The maximum absolute atomic E-state index is 12.4. The lowest BCUT2D eigenvalue weighted by Crippen LogP contribution is -2.16. The van der Waals surface area contributed by atoms with Crippen LogP contribution in [0.25, 0.3) is 0 Å². The summed E-state index contributed by atoms with van der Waals surface area (Å²) >= 11 is 17.6. The highest BCUT2D eigenvalue weighted by molar-refractivity contribution is 7.92. The van der Waals surface area contributed by atoms with Gasteiger partial charge in [-0.3, -0.25) is 4.72 Å². The summed E-state index contributed by atoms with van der Waals surface area (Å²) in [7, 11) is -2.84. The van der Waals surface area contributed by atoms with E-state index in [1.807, 2.05) is 0 Å². The fraction of sp³-hybridized carbons (Fsp3) is 0.167. The molecule has 11 heteroatoms. The first-order valence-corrected chi connectivity index (χ1v) is 8.60. The van der Waals surface area contributed by atoms with E-state index in [-0.39, 0.29) is 37.5 Å². The normalized spacial score (nSPS) is 11.3. The van der Waals surface area contributed by atoms with Gasteiger partial charge in [-0.25, -0.2) is 18.4 Å². The molecule has 124 valence electrons. The van der Waals surface area contributed by atoms with Crippen molar-refractivity contribution in [1.82, 2.24) is 9.97 Å². The smallest absolute Gasteiger partial charge is 0.264 e. The summed E-state index contributed by atoms with van der Waals surface area (Å²) in [6, 6.07) is 4.17. The Morgan fingerprint density at radius 2 is 1.96 bits per heavy atom. The van der Waals surface area contributed by atoms with Gasteiger partial charge in [0.2, 0.25) is 5.82 Å². The van der Waals surface area contributed by atoms with Crippen molar-refractivity contribution in [2.75, 3.05) is 11.8 Å². The molecule has 2 N–H and O–H groups in total. The molecule has 2 rings (SSSR count). The van der Waals surface area contributed by atoms with Crippen molar-refractivity contribution in [3.63, 3.8) is 0 Å². The molecule has 0 atom stereocenters. The second kappa shape index (κ2) is 7.06. The minimum atomic E-state index is -4.11. The molecule has 1 aromatic carbocycles. The summed E-state index contributed by atoms with van der Waals surface area (Å²) in [5.74, 6) is -0.397. The molecule has 1 aromatic heterocycles. The summed E-state index contributed by atoms with van der Waals surface area (Å²) in [6.07, 6.45) is 0. The fourth-order valence-electron chi connectivity index (χ4n) is 1.62. The third-order valence-corrected chi connectivity index (χ3v) is 5.28. The first-order valence-electron chi connectivity index (χ1n) is 5.98. The Balaban J connectivity index is 2.49. The zero-order valence-corrected chi connectivity index (χ0v) is 14.6. The van der Waals surface area contributed by atoms with Crippen LogP contribution in [0.15, 0.2) is 23.1 Å². The maximum Gasteiger partial charge on any atom is 0.264 e. The van der Waals surface area contributed by atoms with Crippen LogP contribution in [0.5, 0.6) is 5.88 Å². The molecule has 23 heavy (non-hydrogen) atoms. The van der Waals surface area contributed by atoms with Gasteiger partial charge >= 0.3 is 0 Å². The number of rotatable bonds is 5. The topological polar surface area (TPSA) is 101 Å². The first kappa shape index (κ1) is 18.0. The number of nitrogens with zero attached hydrogens (tertiary/aromatic N) is 2. The highest BCUT2D eigenvalue weighted by Gasteiger charge is 2.23. The lowest BCUT2D eigenvalue weighted by molar-refractivity contribution is 0.274. The number of nitrogens with one attached hydrogen (secondary N) is 1. The third kappa shape index (κ3) is 3.78. The molecule has 0 unspecified atom stereocenters. The lowest BCUT2D eigenvalue weighted by atomic mass is 10.4. The quantitative estimate of drug-likeness (QED) is 0.803. The summed E-state index contributed by atoms with van der Waals surface area (Å²) in [4.78, 5) is 7.47. The highest BCUT2D eigenvalue weighted by atomic mass is 35.5. The molecule has 0 spiro atoms. The zero-order chi connectivity index (χ0) is 17.2. The summed E-state index contributed by atoms with van der Waals surface area (Å²) < 4.78 is 32.0. The minimum Gasteiger partial charge on any atom is -0.478 e. The number of aliphatic hydroxyl groups is 1. The van der Waals surface area contributed by atoms with Gasteiger partial charge in [0.15, 0.2) is 5.15 Å². The van der Waals surface area contributed by atoms with Crippen LogP contribution in [-0.4, -0.2) is 30.6 Å². The van der Waals surface area contributed by atoms with E-state index in [2.05, 4.69) is 14.7 Å². The van der Waals surface area contributed by atoms with Crippen molar-refractivity contribution in [3.05, 3.63) is 39.1 Å². The molecule has 0 saturated carbocycles. The molecule has 0 bridgehead atoms. The van der Waals surface area contributed by atoms with Gasteiger partial charge in [-0.1, -0.05) is 40.9 Å². The SMILES string of the molecule is COc1nc(CO)c(Cl)nc1NS(=O)(=O)c1cccc(Cl)c1Cl. The number of benzene rings is 1. The Morgan fingerprint density at radius 1 is 1.26 bits per heavy atom. The van der Waals surface area contributed by atoms with E-state index in [0.717, 1.165) is 0 Å². The number of aromatic nitrogens is 2. The molecule has 0 aliphatic rings. The van der Waals surface area contributed by atoms with Crippen LogP contribution in [0.4, 0.5) is 5.82 Å². The molecule has 7 nitrogen and oxygen atoms in total. The largest absolute Gasteiger partial charge is 0.478 e. The zero-order valence-electron chi connectivity index (χ0n) is 11.5. The van der Waals surface area contributed by atoms with E-state index in [0.29, 0.717) is 0 Å². The number of hydrogen-bond donors (Lipinski definition) is 2. The van der Waals surface area contributed by atoms with E-state index in [1.54, 1.807) is 0 Å². The Morgan fingerprint density at radius 3 is 2.57 bits per heavy atom. The van der Waals surface area contributed by atoms with Crippen LogP contribution in [0.3, 0.4) is 0 Å². The first-order chi connectivity index (χ1) is 10.8. The molecular formula is C12H10Cl3N3O4S. The van der Waals surface area contributed by atoms with Gasteiger partial charge < -0.3 is 9.84 Å². The van der Waals surface area contributed by atoms with Gasteiger partial charge in [0.25, 0.3) is 15.9 Å². The second-order valence-corrected chi connectivity index (χ2v) is 6.93. The van der Waals surface area contributed by atoms with Gasteiger partial charge in [0.05, 0.1) is 23.8 Å². The van der Waals surface area contributed by atoms with E-state index in [4.69, 9.17) is 44.6 Å². The van der Waals surface area contributed by atoms with Crippen molar-refractivity contribution >= 4 is 50.6 Å². The van der Waals surface area contributed by atoms with Gasteiger partial charge in [0, 0.05) is 0 Å². The molecule has 0 amide bonds. The van der Waals surface area contributed by atoms with Crippen LogP contribution in [0.2, 0.25) is 15.2 Å². The van der Waals surface area contributed by atoms with Crippen molar-refractivity contribution in [1.29, 1.82) is 0 Å². The van der Waals surface area contributed by atoms with Crippen molar-refractivity contribution in [2.45, 2.75) is 11.5 Å². The lowest BCUT2D eigenvalue weighted by Gasteiger charge is -2.13. The fourth-order valence-corrected chi connectivity index (χ4v) is 3.56. The molecule has 0 aliphatic heterocycles. The number of sulfonamides is 1. The average molecular weight is 399 g/mol. The van der Waals surface area contributed by atoms with Crippen LogP contribution in [0.1, 0.15) is 5.69 Å². The molecule has 0 saturated heterocycles. The number of methoxy groups -OCH3 is 1. The molecular weight excluding hydrogens is 389 g/mol. The number of hydrogen-bond acceptors (Lipinski definition) is 6. The van der Waals surface area contributed by atoms with Crippen LogP contribution < -0.4 is 9.46 Å². The summed E-state index contributed by atoms with van der Waals surface area (Å²) in [5.41, 5.74) is 0.0484. The molecule has 0 fully saturated rings. The van der Waals surface area contributed by atoms with Crippen molar-refractivity contribution in [2.24, 2.45) is 0 Å². The molecule has 0 aliphatic carbocycles. The predicted molar refractivity (Wildman–Crippen MR) is 86.8 cm³/mol. The van der Waals surface area contributed by atoms with Crippen molar-refractivity contribution < 1.29 is 18.3 Å². The van der Waals surface area contributed by atoms with E-state index in [1.165, 1.54) is 25.3 Å². The average Bonchev–Trinajstić information content (AvgIpc) is 2.49. The van der Waals surface area contributed by atoms with Crippen LogP contribution in [-0.2, 0) is 16.6 Å². The molecule has 2 aromatic rings. The molecule has 1 heterocycles. The van der Waals surface area contributed by atoms with Crippen LogP contribution in [0, 0.1) is 0 Å². The Labute approximate surface area is 147 Å². The molecule has 0 radical (unpaired) electrons. The van der Waals surface area contributed by atoms with E-state index < -0.39 is 16.6 Å². The minimum absolute atomic E-state index is 0.0484.